The zero-order valence-electron chi connectivity index (χ0n) is 12.1. The summed E-state index contributed by atoms with van der Waals surface area (Å²) >= 11 is 11.8. The molecule has 0 atom stereocenters. The summed E-state index contributed by atoms with van der Waals surface area (Å²) in [6.07, 6.45) is 2.51. The van der Waals surface area contributed by atoms with Crippen molar-refractivity contribution in [1.29, 1.82) is 0 Å². The van der Waals surface area contributed by atoms with E-state index in [1.807, 2.05) is 0 Å². The highest BCUT2D eigenvalue weighted by atomic mass is 35.5. The summed E-state index contributed by atoms with van der Waals surface area (Å²) in [6.45, 7) is 0. The quantitative estimate of drug-likeness (QED) is 0.505. The monoisotopic (exact) mass is 360 g/mol. The molecule has 2 N–H and O–H groups in total. The highest BCUT2D eigenvalue weighted by molar-refractivity contribution is 6.36. The van der Waals surface area contributed by atoms with Crippen LogP contribution in [0.1, 0.15) is 26.3 Å². The average molecular weight is 361 g/mol. The Hall–Kier alpha value is -2.63. The Morgan fingerprint density at radius 2 is 1.83 bits per heavy atom. The zero-order valence-corrected chi connectivity index (χ0v) is 13.6. The summed E-state index contributed by atoms with van der Waals surface area (Å²) < 4.78 is 0. The summed E-state index contributed by atoms with van der Waals surface area (Å²) in [6, 6.07) is 9.27. The van der Waals surface area contributed by atoms with Crippen molar-refractivity contribution in [3.8, 4) is 0 Å². The normalized spacial score (nSPS) is 13.7. The maximum absolute atomic E-state index is 12.3. The minimum absolute atomic E-state index is 0.0498. The molecule has 0 bridgehead atoms. The number of nitrogen functional groups attached to an aromatic ring is 1. The number of carbonyl (C=O) groups excluding carboxylic acids is 3. The Kier molecular flexibility index (Phi) is 4.13. The molecule has 0 saturated heterocycles. The second-order valence-electron chi connectivity index (χ2n) is 5.05. The maximum atomic E-state index is 12.3. The third-order valence-corrected chi connectivity index (χ3v) is 4.10. The van der Waals surface area contributed by atoms with Crippen LogP contribution in [0.3, 0.4) is 0 Å². The molecule has 0 aromatic heterocycles. The second kappa shape index (κ2) is 6.11. The van der Waals surface area contributed by atoms with E-state index in [-0.39, 0.29) is 16.8 Å². The van der Waals surface area contributed by atoms with Gasteiger partial charge in [0.15, 0.2) is 0 Å². The van der Waals surface area contributed by atoms with Crippen LogP contribution in [0.2, 0.25) is 10.0 Å². The van der Waals surface area contributed by atoms with Crippen molar-refractivity contribution in [3.63, 3.8) is 0 Å². The van der Waals surface area contributed by atoms with Crippen LogP contribution in [0.25, 0.3) is 6.08 Å². The molecule has 1 aliphatic rings. The third-order valence-electron chi connectivity index (χ3n) is 3.54. The number of amides is 3. The molecule has 2 aromatic rings. The number of nitrogens with zero attached hydrogens (tertiary/aromatic N) is 1. The van der Waals surface area contributed by atoms with Crippen molar-refractivity contribution in [2.24, 2.45) is 0 Å². The molecule has 0 spiro atoms. The largest absolute Gasteiger partial charge is 0.398 e. The number of anilines is 1. The summed E-state index contributed by atoms with van der Waals surface area (Å²) in [5.41, 5.74) is 6.58. The highest BCUT2D eigenvalue weighted by Gasteiger charge is 2.40. The number of carbonyl (C=O) groups is 3. The molecule has 0 fully saturated rings. The van der Waals surface area contributed by atoms with Gasteiger partial charge in [0.2, 0.25) is 0 Å². The van der Waals surface area contributed by atoms with Crippen LogP contribution in [0.5, 0.6) is 0 Å². The zero-order chi connectivity index (χ0) is 17.4. The molecule has 0 unspecified atom stereocenters. The van der Waals surface area contributed by atoms with E-state index in [0.717, 1.165) is 6.08 Å². The van der Waals surface area contributed by atoms with Gasteiger partial charge in [0, 0.05) is 21.8 Å². The van der Waals surface area contributed by atoms with Crippen molar-refractivity contribution in [2.75, 3.05) is 5.73 Å². The molecule has 3 rings (SSSR count). The van der Waals surface area contributed by atoms with Crippen LogP contribution in [0, 0.1) is 0 Å². The Labute approximate surface area is 147 Å². The smallest absolute Gasteiger partial charge is 0.270 e. The van der Waals surface area contributed by atoms with E-state index in [2.05, 4.69) is 0 Å². The molecular formula is C17H10Cl2N2O3. The topological polar surface area (TPSA) is 80.5 Å². The fraction of sp³-hybridized carbons (Fsp3) is 0. The first-order valence-corrected chi connectivity index (χ1v) is 7.60. The Morgan fingerprint density at radius 1 is 1.08 bits per heavy atom. The van der Waals surface area contributed by atoms with Crippen LogP contribution < -0.4 is 5.73 Å². The van der Waals surface area contributed by atoms with Crippen LogP contribution in [-0.2, 0) is 4.79 Å². The summed E-state index contributed by atoms with van der Waals surface area (Å²) in [4.78, 5) is 37.4. The number of rotatable bonds is 2. The fourth-order valence-corrected chi connectivity index (χ4v) is 2.86. The van der Waals surface area contributed by atoms with Crippen molar-refractivity contribution in [3.05, 3.63) is 69.2 Å². The molecule has 2 aromatic carbocycles. The van der Waals surface area contributed by atoms with E-state index < -0.39 is 17.7 Å². The summed E-state index contributed by atoms with van der Waals surface area (Å²) in [7, 11) is 0. The van der Waals surface area contributed by atoms with Gasteiger partial charge < -0.3 is 5.73 Å². The molecule has 0 aliphatic carbocycles. The minimum Gasteiger partial charge on any atom is -0.398 e. The first-order valence-electron chi connectivity index (χ1n) is 6.84. The molecule has 1 aliphatic heterocycles. The van der Waals surface area contributed by atoms with Gasteiger partial charge in [-0.3, -0.25) is 14.4 Å². The Bertz CT molecular complexity index is 922. The first-order chi connectivity index (χ1) is 11.4. The molecule has 120 valence electrons. The molecular weight excluding hydrogens is 351 g/mol. The van der Waals surface area contributed by atoms with Crippen LogP contribution in [-0.4, -0.2) is 22.6 Å². The Morgan fingerprint density at radius 3 is 2.50 bits per heavy atom. The van der Waals surface area contributed by atoms with Crippen molar-refractivity contribution >= 4 is 52.7 Å². The number of hydrogen-bond donors (Lipinski definition) is 1. The molecule has 24 heavy (non-hydrogen) atoms. The lowest BCUT2D eigenvalue weighted by molar-refractivity contribution is -0.121. The van der Waals surface area contributed by atoms with Gasteiger partial charge in [-0.15, -0.1) is 0 Å². The SMILES string of the molecule is Nc1cccc2c1C(=O)N(C(=O)C=Cc1ccc(Cl)cc1Cl)C2=O. The number of halogens is 2. The van der Waals surface area contributed by atoms with E-state index in [1.54, 1.807) is 18.2 Å². The standard InChI is InChI=1S/C17H10Cl2N2O3/c18-10-6-4-9(12(19)8-10)5-7-14(22)21-16(23)11-2-1-3-13(20)15(11)17(21)24/h1-8H,20H2. The number of fused-ring (bicyclic) bond motifs is 1. The van der Waals surface area contributed by atoms with E-state index in [1.165, 1.54) is 24.3 Å². The Balaban J connectivity index is 1.89. The van der Waals surface area contributed by atoms with Crippen LogP contribution >= 0.6 is 23.2 Å². The summed E-state index contributed by atoms with van der Waals surface area (Å²) in [5.74, 6) is -2.20. The molecule has 1 heterocycles. The highest BCUT2D eigenvalue weighted by Crippen LogP contribution is 2.28. The fourth-order valence-electron chi connectivity index (χ4n) is 2.38. The molecule has 0 saturated carbocycles. The van der Waals surface area contributed by atoms with Crippen LogP contribution in [0.15, 0.2) is 42.5 Å². The van der Waals surface area contributed by atoms with Crippen LogP contribution in [0.4, 0.5) is 5.69 Å². The van der Waals surface area contributed by atoms with E-state index in [0.29, 0.717) is 20.5 Å². The van der Waals surface area contributed by atoms with E-state index >= 15 is 0 Å². The number of imide groups is 3. The minimum atomic E-state index is -0.772. The lowest BCUT2D eigenvalue weighted by Gasteiger charge is -2.08. The van der Waals surface area contributed by atoms with Gasteiger partial charge in [-0.05, 0) is 35.9 Å². The second-order valence-corrected chi connectivity index (χ2v) is 5.90. The molecule has 3 amide bonds. The van der Waals surface area contributed by atoms with Gasteiger partial charge in [-0.25, -0.2) is 4.90 Å². The number of benzene rings is 2. The van der Waals surface area contributed by atoms with Gasteiger partial charge in [0.25, 0.3) is 17.7 Å². The molecule has 5 nitrogen and oxygen atoms in total. The van der Waals surface area contributed by atoms with E-state index in [4.69, 9.17) is 28.9 Å². The lowest BCUT2D eigenvalue weighted by Crippen LogP contribution is -2.34. The van der Waals surface area contributed by atoms with Crippen molar-refractivity contribution < 1.29 is 14.4 Å². The predicted molar refractivity (Wildman–Crippen MR) is 91.9 cm³/mol. The first kappa shape index (κ1) is 16.2. The predicted octanol–water partition coefficient (Wildman–Crippen LogP) is 3.41. The van der Waals surface area contributed by atoms with Gasteiger partial charge in [-0.2, -0.15) is 0 Å². The molecule has 7 heteroatoms. The van der Waals surface area contributed by atoms with Gasteiger partial charge in [0.1, 0.15) is 0 Å². The number of hydrogen-bond acceptors (Lipinski definition) is 4. The number of nitrogens with two attached hydrogens (primary N) is 1. The van der Waals surface area contributed by atoms with Crippen molar-refractivity contribution in [2.45, 2.75) is 0 Å². The lowest BCUT2D eigenvalue weighted by atomic mass is 10.1. The average Bonchev–Trinajstić information content (AvgIpc) is 2.79. The van der Waals surface area contributed by atoms with Gasteiger partial charge >= 0.3 is 0 Å². The van der Waals surface area contributed by atoms with Gasteiger partial charge in [0.05, 0.1) is 11.1 Å². The van der Waals surface area contributed by atoms with E-state index in [9.17, 15) is 14.4 Å². The van der Waals surface area contributed by atoms with Crippen molar-refractivity contribution in [1.82, 2.24) is 4.90 Å². The summed E-state index contributed by atoms with van der Waals surface area (Å²) in [5, 5.41) is 0.803. The maximum Gasteiger partial charge on any atom is 0.270 e. The third kappa shape index (κ3) is 2.68. The van der Waals surface area contributed by atoms with Gasteiger partial charge in [-0.1, -0.05) is 35.3 Å². The molecule has 0 radical (unpaired) electrons.